The van der Waals surface area contributed by atoms with Gasteiger partial charge in [-0.3, -0.25) is 4.79 Å². The molecule has 6 nitrogen and oxygen atoms in total. The number of hydrogen-bond donors (Lipinski definition) is 5. The van der Waals surface area contributed by atoms with E-state index in [2.05, 4.69) is 43.2 Å². The minimum atomic E-state index is -0.653. The summed E-state index contributed by atoms with van der Waals surface area (Å²) in [6.45, 7) is 10.5. The van der Waals surface area contributed by atoms with Crippen LogP contribution in [0, 0.1) is 5.92 Å². The molecule has 2 atom stereocenters. The Morgan fingerprint density at radius 1 is 1.03 bits per heavy atom. The van der Waals surface area contributed by atoms with E-state index < -0.39 is 5.97 Å². The lowest BCUT2D eigenvalue weighted by atomic mass is 9.85. The Morgan fingerprint density at radius 2 is 1.63 bits per heavy atom. The van der Waals surface area contributed by atoms with Crippen LogP contribution in [0.5, 0.6) is 0 Å². The van der Waals surface area contributed by atoms with Crippen LogP contribution in [-0.2, 0) is 4.79 Å². The van der Waals surface area contributed by atoms with Crippen molar-refractivity contribution in [2.45, 2.75) is 75.3 Å². The molecular weight excluding hydrogens is 559 g/mol. The number of benzene rings is 2. The number of aliphatic carboxylic acids is 1. The lowest BCUT2D eigenvalue weighted by Crippen LogP contribution is -2.47. The zero-order valence-corrected chi connectivity index (χ0v) is 25.6. The van der Waals surface area contributed by atoms with Crippen molar-refractivity contribution in [1.82, 2.24) is 15.6 Å². The zero-order chi connectivity index (χ0) is 28.1. The van der Waals surface area contributed by atoms with Gasteiger partial charge in [-0.1, -0.05) is 23.2 Å². The maximum atomic E-state index is 10.6. The van der Waals surface area contributed by atoms with E-state index in [1.54, 1.807) is 18.2 Å². The fraction of sp³-hybridized carbons (Fsp3) is 0.500. The number of anilines is 1. The van der Waals surface area contributed by atoms with Crippen molar-refractivity contribution in [3.05, 3.63) is 51.5 Å². The summed E-state index contributed by atoms with van der Waals surface area (Å²) in [4.78, 5) is 16.1. The number of carboxylic acid groups (broad SMARTS) is 1. The first-order valence-corrected chi connectivity index (χ1v) is 14.8. The molecule has 10 heteroatoms. The zero-order valence-electron chi connectivity index (χ0n) is 22.4. The molecular formula is C28H38Cl2N4O2S2. The number of rotatable bonds is 2. The molecule has 2 saturated heterocycles. The summed E-state index contributed by atoms with van der Waals surface area (Å²) in [6, 6.07) is 11.2. The molecule has 2 aliphatic heterocycles. The van der Waals surface area contributed by atoms with Crippen molar-refractivity contribution in [3.63, 3.8) is 0 Å². The Hall–Kier alpha value is -1.55. The van der Waals surface area contributed by atoms with E-state index in [9.17, 15) is 4.79 Å². The van der Waals surface area contributed by atoms with Crippen LogP contribution < -0.4 is 16.4 Å². The van der Waals surface area contributed by atoms with Crippen molar-refractivity contribution in [1.29, 1.82) is 0 Å². The standard InChI is InChI=1S/C14H17ClN2S.C8H15NO2.C6H6ClNS/c1-14(2)8-9(5-6-16-14)13-17-11-7-10(15)3-4-12(11)18-13;1-8(2)5-6(7(10)11)3-4-9-8;7-4-1-2-6(9)5(8)3-4/h3-4,7,9,16H,5-6,8H2,1-2H3;6,9H,3-5H2,1-2H3,(H,10,11);1-3,9H,8H2. The molecule has 1 aromatic heterocycles. The van der Waals surface area contributed by atoms with Gasteiger partial charge in [0.25, 0.3) is 0 Å². The average molecular weight is 598 g/mol. The van der Waals surface area contributed by atoms with Crippen molar-refractivity contribution in [2.75, 3.05) is 18.8 Å². The molecule has 3 heterocycles. The molecule has 2 aliphatic rings. The first kappa shape index (κ1) is 31.0. The molecule has 208 valence electrons. The second-order valence-corrected chi connectivity index (χ2v) is 13.6. The van der Waals surface area contributed by atoms with Gasteiger partial charge in [-0.2, -0.15) is 0 Å². The molecule has 5 N–H and O–H groups in total. The van der Waals surface area contributed by atoms with Gasteiger partial charge < -0.3 is 21.5 Å². The number of nitrogen functional groups attached to an aromatic ring is 1. The highest BCUT2D eigenvalue weighted by Crippen LogP contribution is 2.37. The van der Waals surface area contributed by atoms with E-state index in [0.717, 1.165) is 47.8 Å². The normalized spacial score (nSPS) is 22.0. The number of piperidine rings is 2. The number of hydrogen-bond acceptors (Lipinski definition) is 7. The van der Waals surface area contributed by atoms with Crippen LogP contribution in [0.1, 0.15) is 64.3 Å². The number of aromatic nitrogens is 1. The summed E-state index contributed by atoms with van der Waals surface area (Å²) < 4.78 is 1.24. The first-order chi connectivity index (χ1) is 17.7. The quantitative estimate of drug-likeness (QED) is 0.158. The second kappa shape index (κ2) is 13.2. The molecule has 0 bridgehead atoms. The fourth-order valence-electron chi connectivity index (χ4n) is 4.79. The van der Waals surface area contributed by atoms with Gasteiger partial charge in [0, 0.05) is 37.6 Å². The van der Waals surface area contributed by atoms with Crippen LogP contribution in [0.3, 0.4) is 0 Å². The number of nitrogens with two attached hydrogens (primary N) is 1. The van der Waals surface area contributed by atoms with Crippen LogP contribution >= 0.6 is 47.2 Å². The maximum Gasteiger partial charge on any atom is 0.306 e. The minimum Gasteiger partial charge on any atom is -0.481 e. The second-order valence-electron chi connectivity index (χ2n) is 11.2. The highest BCUT2D eigenvalue weighted by Gasteiger charge is 2.31. The van der Waals surface area contributed by atoms with Crippen molar-refractivity contribution in [2.24, 2.45) is 5.92 Å². The number of thiazole rings is 1. The van der Waals surface area contributed by atoms with Gasteiger partial charge in [-0.15, -0.1) is 24.0 Å². The molecule has 2 aromatic carbocycles. The number of halogens is 2. The van der Waals surface area contributed by atoms with Crippen molar-refractivity contribution in [3.8, 4) is 0 Å². The van der Waals surface area contributed by atoms with Crippen molar-refractivity contribution >= 4 is 69.0 Å². The van der Waals surface area contributed by atoms with Gasteiger partial charge in [0.05, 0.1) is 21.1 Å². The summed E-state index contributed by atoms with van der Waals surface area (Å²) in [5.74, 6) is -0.219. The summed E-state index contributed by atoms with van der Waals surface area (Å²) >= 11 is 17.5. The van der Waals surface area contributed by atoms with E-state index >= 15 is 0 Å². The van der Waals surface area contributed by atoms with E-state index in [-0.39, 0.29) is 17.0 Å². The molecule has 5 rings (SSSR count). The van der Waals surface area contributed by atoms with E-state index in [0.29, 0.717) is 16.6 Å². The van der Waals surface area contributed by atoms with Crippen LogP contribution in [0.4, 0.5) is 5.69 Å². The maximum absolute atomic E-state index is 10.6. The largest absolute Gasteiger partial charge is 0.481 e. The molecule has 0 spiro atoms. The highest BCUT2D eigenvalue weighted by atomic mass is 35.5. The Kier molecular flexibility index (Phi) is 10.8. The first-order valence-electron chi connectivity index (χ1n) is 12.8. The molecule has 38 heavy (non-hydrogen) atoms. The Morgan fingerprint density at radius 3 is 2.18 bits per heavy atom. The van der Waals surface area contributed by atoms with Crippen LogP contribution in [0.15, 0.2) is 41.3 Å². The number of fused-ring (bicyclic) bond motifs is 1. The average Bonchev–Trinajstić information content (AvgIpc) is 3.25. The number of nitrogens with zero attached hydrogens (tertiary/aromatic N) is 1. The summed E-state index contributed by atoms with van der Waals surface area (Å²) in [6.07, 6.45) is 3.83. The molecule has 2 unspecified atom stereocenters. The summed E-state index contributed by atoms with van der Waals surface area (Å²) in [5.41, 5.74) is 7.34. The number of nitrogens with one attached hydrogen (secondary N) is 2. The third-order valence-corrected chi connectivity index (χ3v) is 8.84. The smallest absolute Gasteiger partial charge is 0.306 e. The lowest BCUT2D eigenvalue weighted by molar-refractivity contribution is -0.143. The summed E-state index contributed by atoms with van der Waals surface area (Å²) in [5, 5.41) is 18.3. The fourth-order valence-corrected chi connectivity index (χ4v) is 6.36. The van der Waals surface area contributed by atoms with Gasteiger partial charge in [-0.05, 0) is 103 Å². The minimum absolute atomic E-state index is 0.00130. The van der Waals surface area contributed by atoms with Gasteiger partial charge >= 0.3 is 5.97 Å². The Bertz CT molecular complexity index is 1250. The predicted octanol–water partition coefficient (Wildman–Crippen LogP) is 7.26. The molecule has 0 aliphatic carbocycles. The Balaban J connectivity index is 0.000000172. The van der Waals surface area contributed by atoms with Crippen LogP contribution in [0.2, 0.25) is 10.0 Å². The van der Waals surface area contributed by atoms with E-state index in [1.165, 1.54) is 16.1 Å². The molecule has 0 amide bonds. The molecule has 0 saturated carbocycles. The summed E-state index contributed by atoms with van der Waals surface area (Å²) in [7, 11) is 0. The third-order valence-electron chi connectivity index (χ3n) is 6.76. The highest BCUT2D eigenvalue weighted by molar-refractivity contribution is 7.80. The monoisotopic (exact) mass is 596 g/mol. The van der Waals surface area contributed by atoms with Crippen LogP contribution in [-0.4, -0.2) is 40.2 Å². The van der Waals surface area contributed by atoms with Crippen LogP contribution in [0.25, 0.3) is 10.2 Å². The van der Waals surface area contributed by atoms with E-state index in [1.807, 2.05) is 37.3 Å². The molecule has 2 fully saturated rings. The van der Waals surface area contributed by atoms with E-state index in [4.69, 9.17) is 39.0 Å². The van der Waals surface area contributed by atoms with Gasteiger partial charge in [0.15, 0.2) is 0 Å². The SMILES string of the molecule is CC1(C)CC(C(=O)O)CCN1.CC1(C)CC(c2nc3cc(Cl)ccc3s2)CCN1.Nc1cc(Cl)ccc1S. The van der Waals surface area contributed by atoms with Crippen molar-refractivity contribution < 1.29 is 9.90 Å². The van der Waals surface area contributed by atoms with Gasteiger partial charge in [0.2, 0.25) is 0 Å². The van der Waals surface area contributed by atoms with Gasteiger partial charge in [-0.25, -0.2) is 4.98 Å². The third kappa shape index (κ3) is 9.28. The predicted molar refractivity (Wildman–Crippen MR) is 164 cm³/mol. The molecule has 0 radical (unpaired) electrons. The number of thiol groups is 1. The Labute approximate surface area is 245 Å². The number of carboxylic acids is 1. The lowest BCUT2D eigenvalue weighted by Gasteiger charge is -2.35. The number of carbonyl (C=O) groups is 1. The van der Waals surface area contributed by atoms with Gasteiger partial charge in [0.1, 0.15) is 0 Å². The topological polar surface area (TPSA) is 100 Å². The molecule has 3 aromatic rings.